The van der Waals surface area contributed by atoms with Gasteiger partial charge in [0.2, 0.25) is 0 Å². The molecule has 0 aromatic heterocycles. The molecule has 0 heterocycles. The number of para-hydroxylation sites is 1. The normalized spacial score (nSPS) is 10.5. The third-order valence-electron chi connectivity index (χ3n) is 3.44. The van der Waals surface area contributed by atoms with Gasteiger partial charge < -0.3 is 9.59 Å². The Hall–Kier alpha value is -1.02. The zero-order valence-corrected chi connectivity index (χ0v) is 11.1. The molecule has 16 heavy (non-hydrogen) atoms. The molecule has 0 bridgehead atoms. The molecule has 0 aliphatic heterocycles. The van der Waals surface area contributed by atoms with Crippen LogP contribution >= 0.6 is 0 Å². The zero-order chi connectivity index (χ0) is 12.4. The topological polar surface area (TPSA) is 20.2 Å². The molecule has 0 unspecified atom stereocenters. The van der Waals surface area contributed by atoms with Crippen molar-refractivity contribution in [3.63, 3.8) is 0 Å². The monoisotopic (exact) mass is 224 g/mol. The van der Waals surface area contributed by atoms with Crippen LogP contribution in [0, 0.1) is 0 Å². The molecular weight excluding hydrogens is 198 g/mol. The third kappa shape index (κ3) is 5.17. The molecule has 0 fully saturated rings. The van der Waals surface area contributed by atoms with Gasteiger partial charge in [-0.1, -0.05) is 18.2 Å². The van der Waals surface area contributed by atoms with Gasteiger partial charge in [0.15, 0.2) is 0 Å². The van der Waals surface area contributed by atoms with Crippen LogP contribution in [-0.4, -0.2) is 35.8 Å². The van der Waals surface area contributed by atoms with E-state index in [0.29, 0.717) is 5.75 Å². The van der Waals surface area contributed by atoms with Gasteiger partial charge in [-0.05, 0) is 39.8 Å². The fourth-order valence-electron chi connectivity index (χ4n) is 1.77. The highest BCUT2D eigenvalue weighted by Crippen LogP contribution is 2.03. The van der Waals surface area contributed by atoms with E-state index < -0.39 is 0 Å². The summed E-state index contributed by atoms with van der Waals surface area (Å²) in [7, 11) is 0. The number of aromatic hydroxyl groups is 1. The summed E-state index contributed by atoms with van der Waals surface area (Å²) in [4.78, 5) is 0. The Labute approximate surface area is 100 Å². The first-order valence-corrected chi connectivity index (χ1v) is 6.23. The van der Waals surface area contributed by atoms with Gasteiger partial charge in [0, 0.05) is 0 Å². The third-order valence-corrected chi connectivity index (χ3v) is 3.44. The predicted molar refractivity (Wildman–Crippen MR) is 70.5 cm³/mol. The van der Waals surface area contributed by atoms with Crippen molar-refractivity contribution >= 4 is 0 Å². The van der Waals surface area contributed by atoms with Crippen molar-refractivity contribution in [2.45, 2.75) is 27.7 Å². The van der Waals surface area contributed by atoms with Gasteiger partial charge in [0.1, 0.15) is 5.75 Å². The lowest BCUT2D eigenvalue weighted by molar-refractivity contribution is -0.921. The Kier molecular flexibility index (Phi) is 7.65. The molecule has 1 aromatic rings. The van der Waals surface area contributed by atoms with Crippen LogP contribution < -0.4 is 0 Å². The molecule has 1 aromatic carbocycles. The van der Waals surface area contributed by atoms with E-state index in [4.69, 9.17) is 5.11 Å². The first kappa shape index (κ1) is 15.0. The van der Waals surface area contributed by atoms with Crippen LogP contribution in [-0.2, 0) is 0 Å². The highest BCUT2D eigenvalue weighted by atomic mass is 16.3. The second-order valence-corrected chi connectivity index (χ2v) is 3.94. The van der Waals surface area contributed by atoms with Crippen LogP contribution in [0.15, 0.2) is 30.3 Å². The molecule has 92 valence electrons. The van der Waals surface area contributed by atoms with E-state index in [-0.39, 0.29) is 0 Å². The van der Waals surface area contributed by atoms with Crippen LogP contribution in [0.5, 0.6) is 5.75 Å². The van der Waals surface area contributed by atoms with Crippen LogP contribution in [0.2, 0.25) is 0 Å². The number of benzene rings is 1. The van der Waals surface area contributed by atoms with E-state index in [1.807, 2.05) is 6.07 Å². The molecule has 2 heteroatoms. The molecule has 0 aliphatic carbocycles. The maximum Gasteiger partial charge on any atom is 0.115 e. The SMILES string of the molecule is CC[N+](CC)(CC)CC.Oc1ccccc1. The van der Waals surface area contributed by atoms with Crippen LogP contribution in [0.25, 0.3) is 0 Å². The van der Waals surface area contributed by atoms with Gasteiger partial charge in [-0.2, -0.15) is 0 Å². The van der Waals surface area contributed by atoms with Crippen molar-refractivity contribution in [3.05, 3.63) is 30.3 Å². The van der Waals surface area contributed by atoms with Crippen molar-refractivity contribution < 1.29 is 9.59 Å². The first-order valence-electron chi connectivity index (χ1n) is 6.23. The summed E-state index contributed by atoms with van der Waals surface area (Å²) in [6, 6.07) is 8.71. The molecule has 0 saturated carbocycles. The number of rotatable bonds is 4. The van der Waals surface area contributed by atoms with Gasteiger partial charge in [-0.25, -0.2) is 0 Å². The summed E-state index contributed by atoms with van der Waals surface area (Å²) in [5, 5.41) is 8.63. The van der Waals surface area contributed by atoms with Gasteiger partial charge in [-0.15, -0.1) is 0 Å². The van der Waals surface area contributed by atoms with Crippen molar-refractivity contribution in [1.29, 1.82) is 0 Å². The van der Waals surface area contributed by atoms with Crippen molar-refractivity contribution in [3.8, 4) is 5.75 Å². The smallest absolute Gasteiger partial charge is 0.115 e. The summed E-state index contributed by atoms with van der Waals surface area (Å²) in [5.41, 5.74) is 0. The Morgan fingerprint density at radius 1 is 0.812 bits per heavy atom. The molecule has 0 radical (unpaired) electrons. The van der Waals surface area contributed by atoms with E-state index in [1.54, 1.807) is 24.3 Å². The second-order valence-electron chi connectivity index (χ2n) is 3.94. The van der Waals surface area contributed by atoms with Crippen molar-refractivity contribution in [2.24, 2.45) is 0 Å². The van der Waals surface area contributed by atoms with Gasteiger partial charge in [0.25, 0.3) is 0 Å². The fraction of sp³-hybridized carbons (Fsp3) is 0.571. The van der Waals surface area contributed by atoms with Gasteiger partial charge in [-0.3, -0.25) is 0 Å². The molecule has 0 amide bonds. The van der Waals surface area contributed by atoms with E-state index in [1.165, 1.54) is 30.7 Å². The summed E-state index contributed by atoms with van der Waals surface area (Å²) in [6.07, 6.45) is 0. The van der Waals surface area contributed by atoms with Crippen LogP contribution in [0.3, 0.4) is 0 Å². The molecular formula is C14H26NO+. The maximum atomic E-state index is 8.63. The number of phenols is 1. The average Bonchev–Trinajstić information content (AvgIpc) is 2.35. The lowest BCUT2D eigenvalue weighted by Gasteiger charge is -2.34. The van der Waals surface area contributed by atoms with E-state index in [0.717, 1.165) is 0 Å². The molecule has 1 rings (SSSR count). The van der Waals surface area contributed by atoms with Crippen molar-refractivity contribution in [2.75, 3.05) is 26.2 Å². The Balaban J connectivity index is 0.000000288. The summed E-state index contributed by atoms with van der Waals surface area (Å²) < 4.78 is 1.28. The quantitative estimate of drug-likeness (QED) is 0.778. The highest BCUT2D eigenvalue weighted by molar-refractivity contribution is 5.18. The summed E-state index contributed by atoms with van der Waals surface area (Å²) in [6.45, 7) is 14.2. The van der Waals surface area contributed by atoms with E-state index in [9.17, 15) is 0 Å². The number of hydrogen-bond donors (Lipinski definition) is 1. The lowest BCUT2D eigenvalue weighted by Crippen LogP contribution is -2.47. The van der Waals surface area contributed by atoms with Gasteiger partial charge in [0.05, 0.1) is 26.2 Å². The minimum Gasteiger partial charge on any atom is -0.508 e. The highest BCUT2D eigenvalue weighted by Gasteiger charge is 2.16. The first-order chi connectivity index (χ1) is 7.64. The standard InChI is InChI=1S/C8H20N.C6H6O/c1-5-9(6-2,7-3)8-4;7-6-4-2-1-3-5-6/h5-8H2,1-4H3;1-5,7H/q+1;. The predicted octanol–water partition coefficient (Wildman–Crippen LogP) is 3.28. The molecule has 0 spiro atoms. The zero-order valence-electron chi connectivity index (χ0n) is 11.1. The minimum atomic E-state index is 0.322. The summed E-state index contributed by atoms with van der Waals surface area (Å²) in [5.74, 6) is 0.322. The van der Waals surface area contributed by atoms with Crippen molar-refractivity contribution in [1.82, 2.24) is 0 Å². The average molecular weight is 224 g/mol. The maximum absolute atomic E-state index is 8.63. The number of phenolic OH excluding ortho intramolecular Hbond substituents is 1. The van der Waals surface area contributed by atoms with E-state index >= 15 is 0 Å². The Bertz CT molecular complexity index is 237. The number of quaternary nitrogens is 1. The Morgan fingerprint density at radius 3 is 1.31 bits per heavy atom. The Morgan fingerprint density at radius 2 is 1.19 bits per heavy atom. The van der Waals surface area contributed by atoms with Crippen LogP contribution in [0.1, 0.15) is 27.7 Å². The lowest BCUT2D eigenvalue weighted by atomic mass is 10.3. The van der Waals surface area contributed by atoms with E-state index in [2.05, 4.69) is 27.7 Å². The number of hydrogen-bond acceptors (Lipinski definition) is 1. The molecule has 1 N–H and O–H groups in total. The molecule has 2 nitrogen and oxygen atoms in total. The molecule has 0 atom stereocenters. The van der Waals surface area contributed by atoms with Crippen LogP contribution in [0.4, 0.5) is 0 Å². The second kappa shape index (κ2) is 8.17. The van der Waals surface area contributed by atoms with Gasteiger partial charge >= 0.3 is 0 Å². The largest absolute Gasteiger partial charge is 0.508 e. The molecule has 0 saturated heterocycles. The summed E-state index contributed by atoms with van der Waals surface area (Å²) >= 11 is 0. The molecule has 0 aliphatic rings. The fourth-order valence-corrected chi connectivity index (χ4v) is 1.77. The number of nitrogens with zero attached hydrogens (tertiary/aromatic N) is 1. The minimum absolute atomic E-state index is 0.322.